The smallest absolute Gasteiger partial charge is 0.0783 e. The molecular formula is C12H25NS. The average Bonchev–Trinajstić information content (AvgIpc) is 1.78. The zero-order valence-corrected chi connectivity index (χ0v) is 11.5. The van der Waals surface area contributed by atoms with Gasteiger partial charge in [-0.05, 0) is 25.7 Å². The Hall–Kier alpha value is -0.110. The van der Waals surface area contributed by atoms with Crippen molar-refractivity contribution in [1.29, 1.82) is 0 Å². The molecule has 0 aliphatic rings. The summed E-state index contributed by atoms with van der Waals surface area (Å²) >= 11 is 5.30. The third-order valence-corrected chi connectivity index (χ3v) is 2.53. The predicted molar refractivity (Wildman–Crippen MR) is 68.7 cm³/mol. The van der Waals surface area contributed by atoms with E-state index in [1.165, 1.54) is 0 Å². The van der Waals surface area contributed by atoms with Crippen LogP contribution >= 0.6 is 12.2 Å². The van der Waals surface area contributed by atoms with Gasteiger partial charge in [-0.1, -0.05) is 46.8 Å². The third-order valence-electron chi connectivity index (χ3n) is 1.96. The second-order valence-corrected chi connectivity index (χ2v) is 6.71. The highest BCUT2D eigenvalue weighted by Crippen LogP contribution is 2.27. The van der Waals surface area contributed by atoms with E-state index in [0.29, 0.717) is 11.3 Å². The molecule has 0 aliphatic carbocycles. The Morgan fingerprint density at radius 3 is 1.86 bits per heavy atom. The highest BCUT2D eigenvalue weighted by molar-refractivity contribution is 7.80. The summed E-state index contributed by atoms with van der Waals surface area (Å²) in [7, 11) is 0. The molecule has 0 aromatic heterocycles. The maximum absolute atomic E-state index is 5.30. The van der Waals surface area contributed by atoms with E-state index in [9.17, 15) is 0 Å². The van der Waals surface area contributed by atoms with Crippen molar-refractivity contribution in [2.45, 2.75) is 60.4 Å². The minimum absolute atomic E-state index is 0.0968. The summed E-state index contributed by atoms with van der Waals surface area (Å²) < 4.78 is 0. The van der Waals surface area contributed by atoms with E-state index in [-0.39, 0.29) is 5.54 Å². The summed E-state index contributed by atoms with van der Waals surface area (Å²) in [6, 6.07) is 0. The van der Waals surface area contributed by atoms with Crippen LogP contribution in [-0.2, 0) is 0 Å². The Morgan fingerprint density at radius 2 is 1.57 bits per heavy atom. The van der Waals surface area contributed by atoms with Gasteiger partial charge in [0.05, 0.1) is 4.99 Å². The van der Waals surface area contributed by atoms with Gasteiger partial charge in [-0.15, -0.1) is 0 Å². The first kappa shape index (κ1) is 13.9. The van der Waals surface area contributed by atoms with Gasteiger partial charge in [-0.3, -0.25) is 0 Å². The fraction of sp³-hybridized carbons (Fsp3) is 0.917. The van der Waals surface area contributed by atoms with Gasteiger partial charge in [0, 0.05) is 11.5 Å². The zero-order chi connectivity index (χ0) is 11.6. The first-order valence-corrected chi connectivity index (χ1v) is 5.76. The maximum atomic E-state index is 5.30. The van der Waals surface area contributed by atoms with Gasteiger partial charge >= 0.3 is 0 Å². The first-order chi connectivity index (χ1) is 6.03. The molecule has 0 bridgehead atoms. The Kier molecular flexibility index (Phi) is 4.57. The van der Waals surface area contributed by atoms with E-state index in [4.69, 9.17) is 12.2 Å². The van der Waals surface area contributed by atoms with Crippen LogP contribution in [0.3, 0.4) is 0 Å². The van der Waals surface area contributed by atoms with Crippen molar-refractivity contribution in [3.8, 4) is 0 Å². The number of rotatable bonds is 3. The lowest BCUT2D eigenvalue weighted by molar-refractivity contribution is 0.266. The second kappa shape index (κ2) is 4.61. The van der Waals surface area contributed by atoms with Crippen molar-refractivity contribution in [3.63, 3.8) is 0 Å². The van der Waals surface area contributed by atoms with Crippen molar-refractivity contribution < 1.29 is 0 Å². The summed E-state index contributed by atoms with van der Waals surface area (Å²) in [6.45, 7) is 15.5. The van der Waals surface area contributed by atoms with E-state index in [1.807, 2.05) is 0 Å². The van der Waals surface area contributed by atoms with Crippen LogP contribution in [0.1, 0.15) is 54.9 Å². The molecule has 2 heteroatoms. The molecular weight excluding hydrogens is 190 g/mol. The van der Waals surface area contributed by atoms with E-state index < -0.39 is 0 Å². The molecule has 0 aromatic carbocycles. The van der Waals surface area contributed by atoms with Crippen LogP contribution in [0.4, 0.5) is 0 Å². The Labute approximate surface area is 94.7 Å². The molecule has 0 atom stereocenters. The minimum Gasteiger partial charge on any atom is -0.375 e. The summed E-state index contributed by atoms with van der Waals surface area (Å²) in [5.41, 5.74) is 0.433. The molecule has 0 heterocycles. The quantitative estimate of drug-likeness (QED) is 0.719. The van der Waals surface area contributed by atoms with Crippen LogP contribution in [0.25, 0.3) is 0 Å². The predicted octanol–water partition coefficient (Wildman–Crippen LogP) is 3.77. The van der Waals surface area contributed by atoms with Gasteiger partial charge in [0.25, 0.3) is 0 Å². The zero-order valence-electron chi connectivity index (χ0n) is 10.7. The molecule has 0 aromatic rings. The van der Waals surface area contributed by atoms with Gasteiger partial charge in [-0.25, -0.2) is 0 Å². The number of hydrogen-bond donors (Lipinski definition) is 1. The first-order valence-electron chi connectivity index (χ1n) is 5.35. The fourth-order valence-electron chi connectivity index (χ4n) is 1.85. The van der Waals surface area contributed by atoms with Gasteiger partial charge in [0.15, 0.2) is 0 Å². The lowest BCUT2D eigenvalue weighted by Gasteiger charge is -2.35. The second-order valence-electron chi connectivity index (χ2n) is 6.27. The van der Waals surface area contributed by atoms with Crippen LogP contribution in [0.15, 0.2) is 0 Å². The van der Waals surface area contributed by atoms with Crippen molar-refractivity contribution in [3.05, 3.63) is 0 Å². The third kappa shape index (κ3) is 6.36. The standard InChI is InChI=1S/C12H25NS/c1-9(2)10(14)13-12(6,7)8-11(3,4)5/h9H,8H2,1-7H3,(H,13,14). The van der Waals surface area contributed by atoms with Crippen LogP contribution in [0.2, 0.25) is 0 Å². The number of thiocarbonyl (C=S) groups is 1. The molecule has 0 fully saturated rings. The fourth-order valence-corrected chi connectivity index (χ4v) is 2.12. The normalized spacial score (nSPS) is 13.1. The van der Waals surface area contributed by atoms with Crippen molar-refractivity contribution >= 4 is 17.2 Å². The monoisotopic (exact) mass is 215 g/mol. The van der Waals surface area contributed by atoms with Crippen molar-refractivity contribution in [2.75, 3.05) is 0 Å². The SMILES string of the molecule is CC(C)C(=S)NC(C)(C)CC(C)(C)C. The highest BCUT2D eigenvalue weighted by atomic mass is 32.1. The molecule has 84 valence electrons. The van der Waals surface area contributed by atoms with Crippen molar-refractivity contribution in [2.24, 2.45) is 11.3 Å². The van der Waals surface area contributed by atoms with Gasteiger partial charge in [-0.2, -0.15) is 0 Å². The van der Waals surface area contributed by atoms with Crippen LogP contribution < -0.4 is 5.32 Å². The van der Waals surface area contributed by atoms with Crippen molar-refractivity contribution in [1.82, 2.24) is 5.32 Å². The Morgan fingerprint density at radius 1 is 1.14 bits per heavy atom. The lowest BCUT2D eigenvalue weighted by atomic mass is 9.81. The van der Waals surface area contributed by atoms with E-state index in [2.05, 4.69) is 53.8 Å². The molecule has 0 saturated carbocycles. The molecule has 0 radical (unpaired) electrons. The van der Waals surface area contributed by atoms with E-state index >= 15 is 0 Å². The number of nitrogens with one attached hydrogen (secondary N) is 1. The van der Waals surface area contributed by atoms with Crippen LogP contribution in [0, 0.1) is 11.3 Å². The minimum atomic E-state index is 0.0968. The summed E-state index contributed by atoms with van der Waals surface area (Å²) in [6.07, 6.45) is 1.12. The Bertz CT molecular complexity index is 199. The molecule has 0 rings (SSSR count). The molecule has 1 nitrogen and oxygen atoms in total. The van der Waals surface area contributed by atoms with E-state index in [1.54, 1.807) is 0 Å². The van der Waals surface area contributed by atoms with E-state index in [0.717, 1.165) is 11.4 Å². The van der Waals surface area contributed by atoms with Crippen LogP contribution in [-0.4, -0.2) is 10.5 Å². The summed E-state index contributed by atoms with van der Waals surface area (Å²) in [5, 5.41) is 3.44. The maximum Gasteiger partial charge on any atom is 0.0783 e. The average molecular weight is 215 g/mol. The molecule has 1 N–H and O–H groups in total. The van der Waals surface area contributed by atoms with Crippen LogP contribution in [0.5, 0.6) is 0 Å². The molecule has 0 amide bonds. The summed E-state index contributed by atoms with van der Waals surface area (Å²) in [5.74, 6) is 0.434. The van der Waals surface area contributed by atoms with Gasteiger partial charge in [0.2, 0.25) is 0 Å². The van der Waals surface area contributed by atoms with Gasteiger partial charge in [0.1, 0.15) is 0 Å². The molecule has 0 aliphatic heterocycles. The number of hydrogen-bond acceptors (Lipinski definition) is 1. The van der Waals surface area contributed by atoms with Gasteiger partial charge < -0.3 is 5.32 Å². The lowest BCUT2D eigenvalue weighted by Crippen LogP contribution is -2.46. The summed E-state index contributed by atoms with van der Waals surface area (Å²) in [4.78, 5) is 0.972. The molecule has 0 spiro atoms. The topological polar surface area (TPSA) is 12.0 Å². The largest absolute Gasteiger partial charge is 0.375 e. The molecule has 0 unspecified atom stereocenters. The Balaban J connectivity index is 4.28. The molecule has 0 saturated heterocycles. The molecule has 14 heavy (non-hydrogen) atoms. The highest BCUT2D eigenvalue weighted by Gasteiger charge is 2.26.